The molecule has 0 bridgehead atoms. The first kappa shape index (κ1) is 18.4. The number of nitrogens with two attached hydrogens (primary N) is 1. The Morgan fingerprint density at radius 2 is 1.64 bits per heavy atom. The van der Waals surface area contributed by atoms with Gasteiger partial charge in [0.15, 0.2) is 0 Å². The topological polar surface area (TPSA) is 116 Å². The predicted octanol–water partition coefficient (Wildman–Crippen LogP) is 1.29. The number of carbonyl (C=O) groups is 3. The van der Waals surface area contributed by atoms with Gasteiger partial charge in [0.2, 0.25) is 6.29 Å². The highest BCUT2D eigenvalue weighted by Gasteiger charge is 2.34. The summed E-state index contributed by atoms with van der Waals surface area (Å²) in [6, 6.07) is -0.827. The fraction of sp³-hybridized carbons (Fsp3) is 0.800. The standard InChI is InChI=1S/C15H25NO6/c1-8(2)15(21-9(3)17)22-14(20)12(16)10-4-6-11(7-5-10)13(18)19/h8,10-12,15H,4-7,16H2,1-3H3,(H,18,19)/t10-,11-,12?,15?. The number of ether oxygens (including phenoxy) is 2. The number of hydrogen-bond acceptors (Lipinski definition) is 6. The van der Waals surface area contributed by atoms with E-state index < -0.39 is 30.2 Å². The van der Waals surface area contributed by atoms with Crippen LogP contribution in [0.1, 0.15) is 46.5 Å². The maximum absolute atomic E-state index is 12.1. The molecule has 2 unspecified atom stereocenters. The van der Waals surface area contributed by atoms with Gasteiger partial charge in [-0.05, 0) is 31.6 Å². The highest BCUT2D eigenvalue weighted by Crippen LogP contribution is 2.31. The van der Waals surface area contributed by atoms with Crippen molar-refractivity contribution in [2.24, 2.45) is 23.5 Å². The molecule has 0 aliphatic heterocycles. The van der Waals surface area contributed by atoms with E-state index in [0.717, 1.165) is 0 Å². The molecule has 1 aliphatic carbocycles. The highest BCUT2D eigenvalue weighted by atomic mass is 16.7. The molecule has 7 heteroatoms. The Hall–Kier alpha value is -1.63. The molecule has 0 radical (unpaired) electrons. The number of hydrogen-bond donors (Lipinski definition) is 2. The van der Waals surface area contributed by atoms with Gasteiger partial charge in [-0.25, -0.2) is 0 Å². The van der Waals surface area contributed by atoms with E-state index in [4.69, 9.17) is 20.3 Å². The van der Waals surface area contributed by atoms with Crippen LogP contribution in [0.2, 0.25) is 0 Å². The average molecular weight is 315 g/mol. The molecule has 0 spiro atoms. The molecule has 7 nitrogen and oxygen atoms in total. The van der Waals surface area contributed by atoms with E-state index in [1.54, 1.807) is 13.8 Å². The van der Waals surface area contributed by atoms with Crippen LogP contribution in [-0.2, 0) is 23.9 Å². The summed E-state index contributed by atoms with van der Waals surface area (Å²) in [5, 5.41) is 8.96. The van der Waals surface area contributed by atoms with E-state index in [0.29, 0.717) is 25.7 Å². The van der Waals surface area contributed by atoms with Crippen LogP contribution in [0.5, 0.6) is 0 Å². The summed E-state index contributed by atoms with van der Waals surface area (Å²) in [4.78, 5) is 34.0. The van der Waals surface area contributed by atoms with Crippen LogP contribution >= 0.6 is 0 Å². The first-order chi connectivity index (χ1) is 10.2. The molecule has 0 aromatic rings. The van der Waals surface area contributed by atoms with Crippen LogP contribution in [-0.4, -0.2) is 35.3 Å². The molecule has 1 saturated carbocycles. The Bertz CT molecular complexity index is 414. The second-order valence-corrected chi connectivity index (χ2v) is 6.13. The fourth-order valence-corrected chi connectivity index (χ4v) is 2.57. The molecule has 2 atom stereocenters. The summed E-state index contributed by atoms with van der Waals surface area (Å²) >= 11 is 0. The summed E-state index contributed by atoms with van der Waals surface area (Å²) in [6.45, 7) is 4.78. The van der Waals surface area contributed by atoms with E-state index in [1.165, 1.54) is 6.92 Å². The Kier molecular flexibility index (Phi) is 6.80. The maximum Gasteiger partial charge on any atom is 0.326 e. The van der Waals surface area contributed by atoms with Crippen molar-refractivity contribution in [1.29, 1.82) is 0 Å². The number of carboxylic acids is 1. The van der Waals surface area contributed by atoms with E-state index in [-0.39, 0.29) is 17.8 Å². The van der Waals surface area contributed by atoms with Gasteiger partial charge in [0.05, 0.1) is 5.92 Å². The van der Waals surface area contributed by atoms with Gasteiger partial charge in [-0.3, -0.25) is 14.4 Å². The molecular weight excluding hydrogens is 290 g/mol. The van der Waals surface area contributed by atoms with Crippen LogP contribution in [0.15, 0.2) is 0 Å². The van der Waals surface area contributed by atoms with Crippen LogP contribution in [0.25, 0.3) is 0 Å². The van der Waals surface area contributed by atoms with Crippen molar-refractivity contribution in [2.45, 2.75) is 58.8 Å². The third kappa shape index (κ3) is 5.29. The van der Waals surface area contributed by atoms with Gasteiger partial charge in [0.1, 0.15) is 6.04 Å². The molecule has 3 N–H and O–H groups in total. The van der Waals surface area contributed by atoms with Crippen molar-refractivity contribution in [1.82, 2.24) is 0 Å². The Morgan fingerprint density at radius 1 is 1.09 bits per heavy atom. The van der Waals surface area contributed by atoms with Crippen molar-refractivity contribution in [3.05, 3.63) is 0 Å². The second kappa shape index (κ2) is 8.12. The first-order valence-electron chi connectivity index (χ1n) is 7.58. The van der Waals surface area contributed by atoms with Crippen molar-refractivity contribution in [3.8, 4) is 0 Å². The molecular formula is C15H25NO6. The van der Waals surface area contributed by atoms with Crippen molar-refractivity contribution < 1.29 is 29.0 Å². The smallest absolute Gasteiger partial charge is 0.326 e. The van der Waals surface area contributed by atoms with Crippen LogP contribution < -0.4 is 5.73 Å². The van der Waals surface area contributed by atoms with Gasteiger partial charge >= 0.3 is 17.9 Å². The van der Waals surface area contributed by atoms with Crippen molar-refractivity contribution in [2.75, 3.05) is 0 Å². The van der Waals surface area contributed by atoms with E-state index >= 15 is 0 Å². The van der Waals surface area contributed by atoms with Crippen molar-refractivity contribution >= 4 is 17.9 Å². The molecule has 0 aromatic heterocycles. The number of esters is 2. The summed E-state index contributed by atoms with van der Waals surface area (Å²) in [5.41, 5.74) is 5.93. The third-order valence-electron chi connectivity index (χ3n) is 3.96. The SMILES string of the molecule is CC(=O)OC(OC(=O)C(N)[C@H]1CC[C@H](C(=O)O)CC1)C(C)C. The Balaban J connectivity index is 2.54. The highest BCUT2D eigenvalue weighted by molar-refractivity contribution is 5.76. The summed E-state index contributed by atoms with van der Waals surface area (Å²) in [7, 11) is 0. The molecule has 1 fully saturated rings. The number of aliphatic carboxylic acids is 1. The summed E-state index contributed by atoms with van der Waals surface area (Å²) in [5.74, 6) is -2.58. The fourth-order valence-electron chi connectivity index (χ4n) is 2.57. The molecule has 1 rings (SSSR count). The molecule has 22 heavy (non-hydrogen) atoms. The molecule has 0 saturated heterocycles. The molecule has 1 aliphatic rings. The van der Waals surface area contributed by atoms with E-state index in [9.17, 15) is 14.4 Å². The lowest BCUT2D eigenvalue weighted by molar-refractivity contribution is -0.196. The maximum atomic E-state index is 12.1. The third-order valence-corrected chi connectivity index (χ3v) is 3.96. The van der Waals surface area contributed by atoms with Crippen LogP contribution in [0.3, 0.4) is 0 Å². The minimum atomic E-state index is -0.952. The van der Waals surface area contributed by atoms with Crippen molar-refractivity contribution in [3.63, 3.8) is 0 Å². The zero-order valence-corrected chi connectivity index (χ0v) is 13.3. The zero-order chi connectivity index (χ0) is 16.9. The van der Waals surface area contributed by atoms with Crippen LogP contribution in [0.4, 0.5) is 0 Å². The second-order valence-electron chi connectivity index (χ2n) is 6.13. The normalized spacial score (nSPS) is 24.4. The monoisotopic (exact) mass is 315 g/mol. The number of rotatable bonds is 6. The van der Waals surface area contributed by atoms with Gasteiger partial charge in [-0.1, -0.05) is 13.8 Å². The van der Waals surface area contributed by atoms with E-state index in [2.05, 4.69) is 0 Å². The number of carbonyl (C=O) groups excluding carboxylic acids is 2. The Labute approximate surface area is 130 Å². The molecule has 0 aromatic carbocycles. The van der Waals surface area contributed by atoms with Crippen LogP contribution in [0, 0.1) is 17.8 Å². The largest absolute Gasteiger partial charge is 0.481 e. The zero-order valence-electron chi connectivity index (χ0n) is 13.3. The average Bonchev–Trinajstić information content (AvgIpc) is 2.45. The minimum absolute atomic E-state index is 0.103. The van der Waals surface area contributed by atoms with E-state index in [1.807, 2.05) is 0 Å². The Morgan fingerprint density at radius 3 is 2.05 bits per heavy atom. The van der Waals surface area contributed by atoms with Gasteiger partial charge in [0, 0.05) is 12.8 Å². The van der Waals surface area contributed by atoms with Gasteiger partial charge in [-0.15, -0.1) is 0 Å². The molecule has 0 amide bonds. The lowest BCUT2D eigenvalue weighted by Gasteiger charge is -2.30. The molecule has 0 heterocycles. The van der Waals surface area contributed by atoms with Gasteiger partial charge in [0.25, 0.3) is 0 Å². The minimum Gasteiger partial charge on any atom is -0.481 e. The first-order valence-corrected chi connectivity index (χ1v) is 7.58. The lowest BCUT2D eigenvalue weighted by Crippen LogP contribution is -2.44. The van der Waals surface area contributed by atoms with Gasteiger partial charge in [-0.2, -0.15) is 0 Å². The lowest BCUT2D eigenvalue weighted by atomic mass is 9.79. The predicted molar refractivity (Wildman–Crippen MR) is 77.5 cm³/mol. The quantitative estimate of drug-likeness (QED) is 0.560. The summed E-state index contributed by atoms with van der Waals surface area (Å²) in [6.07, 6.45) is 1.23. The number of carboxylic acid groups (broad SMARTS) is 1. The summed E-state index contributed by atoms with van der Waals surface area (Å²) < 4.78 is 10.1. The van der Waals surface area contributed by atoms with Gasteiger partial charge < -0.3 is 20.3 Å². The molecule has 126 valence electrons.